The number of hydrogen-bond acceptors (Lipinski definition) is 3. The molecule has 0 amide bonds. The van der Waals surface area contributed by atoms with Gasteiger partial charge in [-0.1, -0.05) is 19.1 Å². The predicted molar refractivity (Wildman–Crippen MR) is 100.0 cm³/mol. The second-order valence-electron chi connectivity index (χ2n) is 7.36. The molecule has 3 heterocycles. The van der Waals surface area contributed by atoms with Crippen molar-refractivity contribution >= 4 is 0 Å². The highest BCUT2D eigenvalue weighted by Crippen LogP contribution is 2.44. The van der Waals surface area contributed by atoms with Gasteiger partial charge in [-0.2, -0.15) is 0 Å². The first-order chi connectivity index (χ1) is 12.6. The first kappa shape index (κ1) is 16.9. The van der Waals surface area contributed by atoms with Crippen molar-refractivity contribution in [2.45, 2.75) is 24.7 Å². The van der Waals surface area contributed by atoms with E-state index in [1.165, 1.54) is 0 Å². The molecule has 134 valence electrons. The minimum atomic E-state index is -0.196. The highest BCUT2D eigenvalue weighted by atomic mass is 19.1. The van der Waals surface area contributed by atoms with E-state index in [-0.39, 0.29) is 17.2 Å². The van der Waals surface area contributed by atoms with Crippen LogP contribution in [0.4, 0.5) is 4.39 Å². The Morgan fingerprint density at radius 1 is 1.08 bits per heavy atom. The summed E-state index contributed by atoms with van der Waals surface area (Å²) in [6, 6.07) is 10.9. The van der Waals surface area contributed by atoms with E-state index in [9.17, 15) is 4.39 Å². The highest BCUT2D eigenvalue weighted by molar-refractivity contribution is 5.36. The number of likely N-dealkylation sites (N-methyl/N-ethyl adjacent to an activating group) is 1. The largest absolute Gasteiger partial charge is 0.306 e. The lowest BCUT2D eigenvalue weighted by molar-refractivity contribution is 0.160. The summed E-state index contributed by atoms with van der Waals surface area (Å²) in [7, 11) is 2.14. The summed E-state index contributed by atoms with van der Waals surface area (Å²) in [5.74, 6) is 1.09. The summed E-state index contributed by atoms with van der Waals surface area (Å²) in [5.41, 5.74) is 2.08. The van der Waals surface area contributed by atoms with Crippen LogP contribution in [0.25, 0.3) is 5.69 Å². The third-order valence-corrected chi connectivity index (χ3v) is 5.64. The van der Waals surface area contributed by atoms with Crippen molar-refractivity contribution in [2.24, 2.45) is 0 Å². The van der Waals surface area contributed by atoms with Crippen LogP contribution in [-0.4, -0.2) is 39.6 Å². The fourth-order valence-corrected chi connectivity index (χ4v) is 4.08. The lowest BCUT2D eigenvalue weighted by Crippen LogP contribution is -2.46. The topological polar surface area (TPSA) is 34.0 Å². The van der Waals surface area contributed by atoms with Crippen LogP contribution in [0.15, 0.2) is 61.2 Å². The molecule has 2 unspecified atom stereocenters. The molecule has 1 aromatic carbocycles. The molecule has 26 heavy (non-hydrogen) atoms. The van der Waals surface area contributed by atoms with Gasteiger partial charge in [-0.05, 0) is 49.8 Å². The van der Waals surface area contributed by atoms with Gasteiger partial charge in [0.15, 0.2) is 0 Å². The average molecular weight is 350 g/mol. The summed E-state index contributed by atoms with van der Waals surface area (Å²) in [5, 5.41) is 0. The standard InChI is InChI=1S/C21H23FN4/c1-21(20-24-12-14-26(20)18-7-10-23-11-8-18)9-13-25(2)15-19(21)16-3-5-17(22)6-4-16/h3-8,10-12,14,19H,9,13,15H2,1-2H3. The Morgan fingerprint density at radius 2 is 1.81 bits per heavy atom. The minimum Gasteiger partial charge on any atom is -0.306 e. The molecule has 2 atom stereocenters. The molecule has 0 bridgehead atoms. The molecule has 2 aromatic heterocycles. The second-order valence-corrected chi connectivity index (χ2v) is 7.36. The number of nitrogens with zero attached hydrogens (tertiary/aromatic N) is 4. The van der Waals surface area contributed by atoms with Gasteiger partial charge in [0.2, 0.25) is 0 Å². The van der Waals surface area contributed by atoms with Crippen LogP contribution in [0.3, 0.4) is 0 Å². The van der Waals surface area contributed by atoms with E-state index < -0.39 is 0 Å². The molecule has 0 N–H and O–H groups in total. The minimum absolute atomic E-state index is 0.142. The number of rotatable bonds is 3. The fraction of sp³-hybridized carbons (Fsp3) is 0.333. The maximum Gasteiger partial charge on any atom is 0.123 e. The van der Waals surface area contributed by atoms with E-state index in [4.69, 9.17) is 4.98 Å². The highest BCUT2D eigenvalue weighted by Gasteiger charge is 2.43. The van der Waals surface area contributed by atoms with E-state index >= 15 is 0 Å². The maximum absolute atomic E-state index is 13.4. The van der Waals surface area contributed by atoms with Gasteiger partial charge in [-0.15, -0.1) is 0 Å². The first-order valence-corrected chi connectivity index (χ1v) is 8.96. The summed E-state index contributed by atoms with van der Waals surface area (Å²) < 4.78 is 15.6. The van der Waals surface area contributed by atoms with E-state index in [1.54, 1.807) is 24.5 Å². The number of aromatic nitrogens is 3. The number of pyridine rings is 1. The van der Waals surface area contributed by atoms with Crippen molar-refractivity contribution in [3.8, 4) is 5.69 Å². The molecule has 1 fully saturated rings. The number of benzene rings is 1. The van der Waals surface area contributed by atoms with Gasteiger partial charge in [0.05, 0.1) is 0 Å². The summed E-state index contributed by atoms with van der Waals surface area (Å²) in [6.07, 6.45) is 8.46. The Labute approximate surface area is 153 Å². The lowest BCUT2D eigenvalue weighted by atomic mass is 9.68. The molecule has 0 spiro atoms. The predicted octanol–water partition coefficient (Wildman–Crippen LogP) is 3.78. The molecule has 1 aliphatic heterocycles. The van der Waals surface area contributed by atoms with Crippen molar-refractivity contribution in [1.82, 2.24) is 19.4 Å². The van der Waals surface area contributed by atoms with Crippen LogP contribution >= 0.6 is 0 Å². The zero-order valence-electron chi connectivity index (χ0n) is 15.1. The number of hydrogen-bond donors (Lipinski definition) is 0. The van der Waals surface area contributed by atoms with Gasteiger partial charge in [-0.3, -0.25) is 4.98 Å². The molecular weight excluding hydrogens is 327 g/mol. The van der Waals surface area contributed by atoms with Crippen LogP contribution in [0.2, 0.25) is 0 Å². The Kier molecular flexibility index (Phi) is 4.32. The number of halogens is 1. The van der Waals surface area contributed by atoms with Crippen molar-refractivity contribution in [3.05, 3.63) is 78.4 Å². The SMILES string of the molecule is CN1CCC(C)(c2nccn2-c2ccncc2)C(c2ccc(F)cc2)C1. The van der Waals surface area contributed by atoms with Crippen molar-refractivity contribution in [2.75, 3.05) is 20.1 Å². The molecule has 1 aliphatic rings. The van der Waals surface area contributed by atoms with Crippen LogP contribution < -0.4 is 0 Å². The van der Waals surface area contributed by atoms with E-state index in [0.29, 0.717) is 0 Å². The Morgan fingerprint density at radius 3 is 2.54 bits per heavy atom. The van der Waals surface area contributed by atoms with Crippen LogP contribution in [0.1, 0.15) is 30.7 Å². The van der Waals surface area contributed by atoms with Gasteiger partial charge in [0, 0.05) is 48.4 Å². The Hall–Kier alpha value is -2.53. The first-order valence-electron chi connectivity index (χ1n) is 8.96. The van der Waals surface area contributed by atoms with Gasteiger partial charge in [0.25, 0.3) is 0 Å². The van der Waals surface area contributed by atoms with Gasteiger partial charge in [-0.25, -0.2) is 9.37 Å². The molecule has 0 aliphatic carbocycles. The van der Waals surface area contributed by atoms with E-state index in [0.717, 1.165) is 36.6 Å². The van der Waals surface area contributed by atoms with Gasteiger partial charge < -0.3 is 9.47 Å². The van der Waals surface area contributed by atoms with Crippen molar-refractivity contribution in [1.29, 1.82) is 0 Å². The van der Waals surface area contributed by atoms with Crippen molar-refractivity contribution in [3.63, 3.8) is 0 Å². The van der Waals surface area contributed by atoms with Crippen LogP contribution in [0.5, 0.6) is 0 Å². The summed E-state index contributed by atoms with van der Waals surface area (Å²) >= 11 is 0. The van der Waals surface area contributed by atoms with Crippen molar-refractivity contribution < 1.29 is 4.39 Å². The number of piperidine rings is 1. The Balaban J connectivity index is 1.80. The third kappa shape index (κ3) is 2.92. The molecular formula is C21H23FN4. The third-order valence-electron chi connectivity index (χ3n) is 5.64. The summed E-state index contributed by atoms with van der Waals surface area (Å²) in [6.45, 7) is 4.22. The van der Waals surface area contributed by atoms with Gasteiger partial charge >= 0.3 is 0 Å². The molecule has 5 heteroatoms. The van der Waals surface area contributed by atoms with Gasteiger partial charge in [0.1, 0.15) is 11.6 Å². The van der Waals surface area contributed by atoms with Crippen LogP contribution in [0, 0.1) is 5.82 Å². The van der Waals surface area contributed by atoms with E-state index in [2.05, 4.69) is 28.4 Å². The Bertz CT molecular complexity index is 875. The molecule has 1 saturated heterocycles. The molecule has 4 nitrogen and oxygen atoms in total. The zero-order valence-corrected chi connectivity index (χ0v) is 15.1. The molecule has 3 aromatic rings. The monoisotopic (exact) mass is 350 g/mol. The summed E-state index contributed by atoms with van der Waals surface area (Å²) in [4.78, 5) is 11.2. The smallest absolute Gasteiger partial charge is 0.123 e. The van der Waals surface area contributed by atoms with E-state index in [1.807, 2.05) is 36.7 Å². The quantitative estimate of drug-likeness (QED) is 0.721. The maximum atomic E-state index is 13.4. The lowest BCUT2D eigenvalue weighted by Gasteiger charge is -2.45. The molecule has 4 rings (SSSR count). The normalized spacial score (nSPS) is 23.9. The van der Waals surface area contributed by atoms with Crippen LogP contribution in [-0.2, 0) is 5.41 Å². The average Bonchev–Trinajstić information content (AvgIpc) is 3.16. The number of imidazole rings is 1. The molecule has 0 saturated carbocycles. The second kappa shape index (κ2) is 6.65. The molecule has 0 radical (unpaired) electrons. The zero-order chi connectivity index (χ0) is 18.1. The number of likely N-dealkylation sites (tertiary alicyclic amines) is 1. The fourth-order valence-electron chi connectivity index (χ4n) is 4.08.